The van der Waals surface area contributed by atoms with Crippen LogP contribution in [0.2, 0.25) is 0 Å². The average molecular weight is 245 g/mol. The van der Waals surface area contributed by atoms with Crippen LogP contribution in [-0.2, 0) is 14.2 Å². The standard InChI is InChI=1S/C13H27NO3/c1-3-16-13(17-4-2)7-8-14-9-10-15-11-12-5-6-12/h12-14H,3-11H2,1-2H3. The molecule has 1 aliphatic carbocycles. The summed E-state index contributed by atoms with van der Waals surface area (Å²) in [6.07, 6.45) is 3.55. The minimum atomic E-state index is -0.0649. The van der Waals surface area contributed by atoms with Crippen LogP contribution in [0.15, 0.2) is 0 Å². The Labute approximate surface area is 105 Å². The van der Waals surface area contributed by atoms with Crippen LogP contribution in [0.25, 0.3) is 0 Å². The molecule has 0 heterocycles. The molecule has 0 aliphatic heterocycles. The Balaban J connectivity index is 1.82. The maximum absolute atomic E-state index is 5.53. The van der Waals surface area contributed by atoms with Crippen molar-refractivity contribution < 1.29 is 14.2 Å². The van der Waals surface area contributed by atoms with Gasteiger partial charge in [-0.3, -0.25) is 0 Å². The van der Waals surface area contributed by atoms with Crippen molar-refractivity contribution in [3.63, 3.8) is 0 Å². The van der Waals surface area contributed by atoms with Crippen molar-refractivity contribution in [2.45, 2.75) is 39.4 Å². The van der Waals surface area contributed by atoms with Crippen molar-refractivity contribution in [3.8, 4) is 0 Å². The molecule has 1 fully saturated rings. The summed E-state index contributed by atoms with van der Waals surface area (Å²) >= 11 is 0. The first-order valence-corrected chi connectivity index (χ1v) is 6.88. The largest absolute Gasteiger partial charge is 0.380 e. The molecule has 0 aromatic carbocycles. The van der Waals surface area contributed by atoms with Crippen molar-refractivity contribution in [1.29, 1.82) is 0 Å². The molecular formula is C13H27NO3. The zero-order valence-electron chi connectivity index (χ0n) is 11.2. The molecule has 1 aliphatic rings. The van der Waals surface area contributed by atoms with E-state index in [0.29, 0.717) is 13.2 Å². The molecule has 0 bridgehead atoms. The predicted molar refractivity (Wildman–Crippen MR) is 68.1 cm³/mol. The van der Waals surface area contributed by atoms with E-state index in [1.54, 1.807) is 0 Å². The van der Waals surface area contributed by atoms with Crippen LogP contribution in [0.3, 0.4) is 0 Å². The van der Waals surface area contributed by atoms with Gasteiger partial charge in [-0.05, 0) is 32.6 Å². The lowest BCUT2D eigenvalue weighted by molar-refractivity contribution is -0.138. The van der Waals surface area contributed by atoms with Gasteiger partial charge in [0.2, 0.25) is 0 Å². The predicted octanol–water partition coefficient (Wildman–Crippen LogP) is 1.79. The topological polar surface area (TPSA) is 39.7 Å². The summed E-state index contributed by atoms with van der Waals surface area (Å²) in [7, 11) is 0. The maximum Gasteiger partial charge on any atom is 0.158 e. The van der Waals surface area contributed by atoms with E-state index in [-0.39, 0.29) is 6.29 Å². The molecule has 17 heavy (non-hydrogen) atoms. The first-order chi connectivity index (χ1) is 8.36. The van der Waals surface area contributed by atoms with Crippen molar-refractivity contribution in [2.24, 2.45) is 5.92 Å². The molecule has 102 valence electrons. The van der Waals surface area contributed by atoms with E-state index in [1.807, 2.05) is 13.8 Å². The number of rotatable bonds is 12. The van der Waals surface area contributed by atoms with Crippen molar-refractivity contribution in [2.75, 3.05) is 39.5 Å². The van der Waals surface area contributed by atoms with Crippen LogP contribution in [0.4, 0.5) is 0 Å². The molecule has 1 rings (SSSR count). The van der Waals surface area contributed by atoms with E-state index in [2.05, 4.69) is 5.32 Å². The summed E-state index contributed by atoms with van der Waals surface area (Å²) in [6.45, 7) is 8.97. The highest BCUT2D eigenvalue weighted by molar-refractivity contribution is 4.71. The Morgan fingerprint density at radius 3 is 2.41 bits per heavy atom. The summed E-state index contributed by atoms with van der Waals surface area (Å²) in [5, 5.41) is 3.34. The fourth-order valence-corrected chi connectivity index (χ4v) is 1.61. The van der Waals surface area contributed by atoms with E-state index in [1.165, 1.54) is 12.8 Å². The van der Waals surface area contributed by atoms with Gasteiger partial charge >= 0.3 is 0 Å². The van der Waals surface area contributed by atoms with Crippen LogP contribution >= 0.6 is 0 Å². The van der Waals surface area contributed by atoms with Crippen molar-refractivity contribution >= 4 is 0 Å². The second kappa shape index (κ2) is 9.83. The fraction of sp³-hybridized carbons (Fsp3) is 1.00. The Hall–Kier alpha value is -0.160. The van der Waals surface area contributed by atoms with E-state index in [0.717, 1.165) is 38.6 Å². The zero-order valence-corrected chi connectivity index (χ0v) is 11.2. The van der Waals surface area contributed by atoms with Crippen LogP contribution in [0.5, 0.6) is 0 Å². The summed E-state index contributed by atoms with van der Waals surface area (Å²) in [6, 6.07) is 0. The zero-order chi connectivity index (χ0) is 12.3. The van der Waals surface area contributed by atoms with Crippen LogP contribution in [-0.4, -0.2) is 45.8 Å². The molecule has 0 aromatic heterocycles. The van der Waals surface area contributed by atoms with Crippen molar-refractivity contribution in [3.05, 3.63) is 0 Å². The Bertz CT molecular complexity index is 168. The number of hydrogen-bond acceptors (Lipinski definition) is 4. The molecule has 4 heteroatoms. The lowest BCUT2D eigenvalue weighted by Crippen LogP contribution is -2.27. The first kappa shape index (κ1) is 14.9. The third kappa shape index (κ3) is 8.55. The minimum absolute atomic E-state index is 0.0649. The van der Waals surface area contributed by atoms with E-state index in [9.17, 15) is 0 Å². The smallest absolute Gasteiger partial charge is 0.158 e. The Kier molecular flexibility index (Phi) is 8.61. The molecular weight excluding hydrogens is 218 g/mol. The molecule has 4 nitrogen and oxygen atoms in total. The van der Waals surface area contributed by atoms with Gasteiger partial charge in [0.05, 0.1) is 6.61 Å². The number of hydrogen-bond donors (Lipinski definition) is 1. The number of nitrogens with one attached hydrogen (secondary N) is 1. The molecule has 0 spiro atoms. The normalized spacial score (nSPS) is 15.7. The van der Waals surface area contributed by atoms with Crippen LogP contribution in [0.1, 0.15) is 33.1 Å². The van der Waals surface area contributed by atoms with E-state index < -0.39 is 0 Å². The number of ether oxygens (including phenoxy) is 3. The first-order valence-electron chi connectivity index (χ1n) is 6.88. The van der Waals surface area contributed by atoms with Gasteiger partial charge in [-0.1, -0.05) is 0 Å². The summed E-state index contributed by atoms with van der Waals surface area (Å²) in [4.78, 5) is 0. The third-order valence-corrected chi connectivity index (χ3v) is 2.74. The monoisotopic (exact) mass is 245 g/mol. The second-order valence-corrected chi connectivity index (χ2v) is 4.40. The molecule has 0 amide bonds. The SMILES string of the molecule is CCOC(CCNCCOCC1CC1)OCC. The van der Waals surface area contributed by atoms with Gasteiger partial charge in [0.1, 0.15) is 0 Å². The Morgan fingerprint density at radius 2 is 1.82 bits per heavy atom. The second-order valence-electron chi connectivity index (χ2n) is 4.40. The van der Waals surface area contributed by atoms with Gasteiger partial charge < -0.3 is 19.5 Å². The summed E-state index contributed by atoms with van der Waals surface area (Å²) < 4.78 is 16.4. The van der Waals surface area contributed by atoms with Crippen LogP contribution < -0.4 is 5.32 Å². The highest BCUT2D eigenvalue weighted by Gasteiger charge is 2.20. The quantitative estimate of drug-likeness (QED) is 0.420. The summed E-state index contributed by atoms with van der Waals surface area (Å²) in [5.74, 6) is 0.857. The lowest BCUT2D eigenvalue weighted by atomic mass is 10.4. The van der Waals surface area contributed by atoms with E-state index >= 15 is 0 Å². The summed E-state index contributed by atoms with van der Waals surface area (Å²) in [5.41, 5.74) is 0. The molecule has 0 radical (unpaired) electrons. The average Bonchev–Trinajstić information content (AvgIpc) is 3.12. The molecule has 0 aromatic rings. The highest BCUT2D eigenvalue weighted by Crippen LogP contribution is 2.28. The lowest BCUT2D eigenvalue weighted by Gasteiger charge is -2.16. The van der Waals surface area contributed by atoms with Gasteiger partial charge in [0.15, 0.2) is 6.29 Å². The molecule has 0 saturated heterocycles. The van der Waals surface area contributed by atoms with E-state index in [4.69, 9.17) is 14.2 Å². The third-order valence-electron chi connectivity index (χ3n) is 2.74. The van der Waals surface area contributed by atoms with Crippen LogP contribution in [0, 0.1) is 5.92 Å². The fourth-order valence-electron chi connectivity index (χ4n) is 1.61. The highest BCUT2D eigenvalue weighted by atomic mass is 16.7. The van der Waals surface area contributed by atoms with Gasteiger partial charge in [-0.25, -0.2) is 0 Å². The molecule has 1 saturated carbocycles. The maximum atomic E-state index is 5.53. The van der Waals surface area contributed by atoms with Gasteiger partial charge in [-0.15, -0.1) is 0 Å². The molecule has 1 N–H and O–H groups in total. The van der Waals surface area contributed by atoms with Crippen molar-refractivity contribution in [1.82, 2.24) is 5.32 Å². The minimum Gasteiger partial charge on any atom is -0.380 e. The van der Waals surface area contributed by atoms with Gasteiger partial charge in [0, 0.05) is 39.3 Å². The molecule has 0 unspecified atom stereocenters. The molecule has 0 atom stereocenters. The Morgan fingerprint density at radius 1 is 1.12 bits per heavy atom. The van der Waals surface area contributed by atoms with Gasteiger partial charge in [-0.2, -0.15) is 0 Å². The van der Waals surface area contributed by atoms with Gasteiger partial charge in [0.25, 0.3) is 0 Å².